The molecule has 0 saturated heterocycles. The average molecular weight is 399 g/mol. The number of aryl methyl sites for hydroxylation is 1. The van der Waals surface area contributed by atoms with Gasteiger partial charge in [-0.1, -0.05) is 24.6 Å². The number of esters is 1. The number of sulfonamides is 1. The summed E-state index contributed by atoms with van der Waals surface area (Å²) < 4.78 is 31.4. The lowest BCUT2D eigenvalue weighted by molar-refractivity contribution is -0.149. The van der Waals surface area contributed by atoms with Gasteiger partial charge in [-0.2, -0.15) is 4.72 Å². The van der Waals surface area contributed by atoms with E-state index in [2.05, 4.69) is 10.0 Å². The minimum atomic E-state index is -3.91. The highest BCUT2D eigenvalue weighted by molar-refractivity contribution is 7.89. The van der Waals surface area contributed by atoms with Crippen LogP contribution >= 0.6 is 0 Å². The van der Waals surface area contributed by atoms with Gasteiger partial charge in [-0.15, -0.1) is 0 Å². The SMILES string of the molecule is CC[C@@H](C)NC(=O)NC(=O)COC(=O)[C@H](C)NS(=O)(=O)c1ccc(C)cc1. The molecule has 0 bridgehead atoms. The third-order valence-electron chi connectivity index (χ3n) is 3.61. The quantitative estimate of drug-likeness (QED) is 0.555. The second-order valence-electron chi connectivity index (χ2n) is 6.09. The van der Waals surface area contributed by atoms with Crippen LogP contribution < -0.4 is 15.4 Å². The first kappa shape index (κ1) is 22.6. The molecule has 0 heterocycles. The lowest BCUT2D eigenvalue weighted by atomic mass is 10.2. The van der Waals surface area contributed by atoms with E-state index in [9.17, 15) is 22.8 Å². The van der Waals surface area contributed by atoms with Gasteiger partial charge < -0.3 is 10.1 Å². The molecule has 0 saturated carbocycles. The molecule has 9 nitrogen and oxygen atoms in total. The summed E-state index contributed by atoms with van der Waals surface area (Å²) in [6.45, 7) is 6.04. The molecule has 0 spiro atoms. The minimum Gasteiger partial charge on any atom is -0.454 e. The van der Waals surface area contributed by atoms with Crippen LogP contribution in [0.1, 0.15) is 32.8 Å². The molecule has 2 atom stereocenters. The molecular formula is C17H25N3O6S. The summed E-state index contributed by atoms with van der Waals surface area (Å²) in [6.07, 6.45) is 0.690. The fourth-order valence-electron chi connectivity index (χ4n) is 1.85. The van der Waals surface area contributed by atoms with Gasteiger partial charge in [0.15, 0.2) is 6.61 Å². The molecule has 1 aromatic carbocycles. The molecule has 0 aliphatic carbocycles. The molecule has 3 N–H and O–H groups in total. The Morgan fingerprint density at radius 1 is 1.11 bits per heavy atom. The number of ether oxygens (including phenoxy) is 1. The van der Waals surface area contributed by atoms with E-state index in [0.29, 0.717) is 6.42 Å². The van der Waals surface area contributed by atoms with Gasteiger partial charge in [0, 0.05) is 6.04 Å². The van der Waals surface area contributed by atoms with Crippen molar-refractivity contribution in [3.8, 4) is 0 Å². The zero-order valence-electron chi connectivity index (χ0n) is 15.7. The molecule has 1 aromatic rings. The van der Waals surface area contributed by atoms with Gasteiger partial charge in [0.05, 0.1) is 4.90 Å². The Balaban J connectivity index is 2.51. The van der Waals surface area contributed by atoms with Crippen molar-refractivity contribution in [3.05, 3.63) is 29.8 Å². The summed E-state index contributed by atoms with van der Waals surface area (Å²) in [6, 6.07) is 4.07. The normalized spacial score (nSPS) is 13.3. The predicted octanol–water partition coefficient (Wildman–Crippen LogP) is 0.829. The number of imide groups is 1. The summed E-state index contributed by atoms with van der Waals surface area (Å²) >= 11 is 0. The van der Waals surface area contributed by atoms with Crippen molar-refractivity contribution in [1.82, 2.24) is 15.4 Å². The second-order valence-corrected chi connectivity index (χ2v) is 7.81. The number of rotatable bonds is 8. The van der Waals surface area contributed by atoms with E-state index in [1.165, 1.54) is 19.1 Å². The number of amides is 3. The summed E-state index contributed by atoms with van der Waals surface area (Å²) in [7, 11) is -3.91. The molecular weight excluding hydrogens is 374 g/mol. The lowest BCUT2D eigenvalue weighted by Gasteiger charge is -2.14. The van der Waals surface area contributed by atoms with Crippen molar-refractivity contribution in [2.45, 2.75) is 51.1 Å². The molecule has 0 aliphatic heterocycles. The number of hydrogen-bond acceptors (Lipinski definition) is 6. The van der Waals surface area contributed by atoms with Gasteiger partial charge in [0.25, 0.3) is 5.91 Å². The molecule has 3 amide bonds. The molecule has 0 aromatic heterocycles. The van der Waals surface area contributed by atoms with Crippen LogP contribution in [0.15, 0.2) is 29.2 Å². The van der Waals surface area contributed by atoms with E-state index >= 15 is 0 Å². The fraction of sp³-hybridized carbons (Fsp3) is 0.471. The van der Waals surface area contributed by atoms with E-state index in [0.717, 1.165) is 5.56 Å². The van der Waals surface area contributed by atoms with Gasteiger partial charge >= 0.3 is 12.0 Å². The highest BCUT2D eigenvalue weighted by atomic mass is 32.2. The van der Waals surface area contributed by atoms with Crippen LogP contribution in [0.25, 0.3) is 0 Å². The Hall–Kier alpha value is -2.46. The van der Waals surface area contributed by atoms with Gasteiger partial charge in [0.2, 0.25) is 10.0 Å². The average Bonchev–Trinajstić information content (AvgIpc) is 2.59. The Bertz CT molecular complexity index is 776. The topological polar surface area (TPSA) is 131 Å². The Morgan fingerprint density at radius 2 is 1.70 bits per heavy atom. The first-order valence-electron chi connectivity index (χ1n) is 8.41. The smallest absolute Gasteiger partial charge is 0.324 e. The van der Waals surface area contributed by atoms with Crippen LogP contribution in [-0.2, 0) is 24.3 Å². The predicted molar refractivity (Wildman–Crippen MR) is 98.3 cm³/mol. The van der Waals surface area contributed by atoms with Crippen molar-refractivity contribution in [2.75, 3.05) is 6.61 Å². The van der Waals surface area contributed by atoms with E-state index < -0.39 is 40.6 Å². The third-order valence-corrected chi connectivity index (χ3v) is 5.16. The molecule has 0 fully saturated rings. The summed E-state index contributed by atoms with van der Waals surface area (Å²) in [5.41, 5.74) is 0.893. The third kappa shape index (κ3) is 7.75. The maximum atomic E-state index is 12.2. The van der Waals surface area contributed by atoms with Crippen LogP contribution in [0.4, 0.5) is 4.79 Å². The fourth-order valence-corrected chi connectivity index (χ4v) is 3.04. The van der Waals surface area contributed by atoms with Gasteiger partial charge in [-0.25, -0.2) is 13.2 Å². The van der Waals surface area contributed by atoms with Gasteiger partial charge in [-0.05, 0) is 39.3 Å². The molecule has 1 rings (SSSR count). The highest BCUT2D eigenvalue weighted by Crippen LogP contribution is 2.10. The second kappa shape index (κ2) is 10.0. The Morgan fingerprint density at radius 3 is 2.26 bits per heavy atom. The molecule has 27 heavy (non-hydrogen) atoms. The summed E-state index contributed by atoms with van der Waals surface area (Å²) in [5, 5.41) is 4.53. The maximum absolute atomic E-state index is 12.2. The highest BCUT2D eigenvalue weighted by Gasteiger charge is 2.24. The first-order chi connectivity index (χ1) is 12.5. The van der Waals surface area contributed by atoms with E-state index in [-0.39, 0.29) is 10.9 Å². The Labute approximate surface area is 158 Å². The summed E-state index contributed by atoms with van der Waals surface area (Å²) in [4.78, 5) is 35.0. The van der Waals surface area contributed by atoms with Crippen molar-refractivity contribution in [1.29, 1.82) is 0 Å². The monoisotopic (exact) mass is 399 g/mol. The minimum absolute atomic E-state index is 0.00667. The zero-order chi connectivity index (χ0) is 20.6. The van der Waals surface area contributed by atoms with E-state index in [1.807, 2.05) is 19.2 Å². The standard InChI is InChI=1S/C17H25N3O6S/c1-5-12(3)18-17(23)19-15(21)10-26-16(22)13(4)20-27(24,25)14-8-6-11(2)7-9-14/h6-9,12-13,20H,5,10H2,1-4H3,(H2,18,19,21,23)/t12-,13+/m1/s1. The molecule has 0 radical (unpaired) electrons. The molecule has 150 valence electrons. The molecule has 0 aliphatic rings. The van der Waals surface area contributed by atoms with Crippen LogP contribution in [0.2, 0.25) is 0 Å². The number of nitrogens with one attached hydrogen (secondary N) is 3. The van der Waals surface area contributed by atoms with Crippen molar-refractivity contribution in [2.24, 2.45) is 0 Å². The van der Waals surface area contributed by atoms with Crippen molar-refractivity contribution >= 4 is 27.9 Å². The van der Waals surface area contributed by atoms with Crippen LogP contribution in [0.5, 0.6) is 0 Å². The van der Waals surface area contributed by atoms with Gasteiger partial charge in [-0.3, -0.25) is 14.9 Å². The van der Waals surface area contributed by atoms with Gasteiger partial charge in [0.1, 0.15) is 6.04 Å². The number of benzene rings is 1. The summed E-state index contributed by atoms with van der Waals surface area (Å²) in [5.74, 6) is -1.76. The maximum Gasteiger partial charge on any atom is 0.324 e. The number of urea groups is 1. The first-order valence-corrected chi connectivity index (χ1v) is 9.89. The number of hydrogen-bond donors (Lipinski definition) is 3. The van der Waals surface area contributed by atoms with Crippen LogP contribution in [-0.4, -0.2) is 45.0 Å². The van der Waals surface area contributed by atoms with Crippen molar-refractivity contribution in [3.63, 3.8) is 0 Å². The largest absolute Gasteiger partial charge is 0.454 e. The lowest BCUT2D eigenvalue weighted by Crippen LogP contribution is -2.45. The number of carbonyl (C=O) groups is 3. The number of carbonyl (C=O) groups excluding carboxylic acids is 3. The Kier molecular flexibility index (Phi) is 8.38. The zero-order valence-corrected chi connectivity index (χ0v) is 16.6. The molecule has 0 unspecified atom stereocenters. The van der Waals surface area contributed by atoms with E-state index in [1.54, 1.807) is 19.1 Å². The van der Waals surface area contributed by atoms with Crippen LogP contribution in [0, 0.1) is 6.92 Å². The van der Waals surface area contributed by atoms with Crippen LogP contribution in [0.3, 0.4) is 0 Å². The van der Waals surface area contributed by atoms with Crippen molar-refractivity contribution < 1.29 is 27.5 Å². The molecule has 10 heteroatoms. The van der Waals surface area contributed by atoms with E-state index in [4.69, 9.17) is 4.74 Å².